The number of benzene rings is 4. The molecule has 0 spiro atoms. The summed E-state index contributed by atoms with van der Waals surface area (Å²) in [5, 5.41) is 26.3. The van der Waals surface area contributed by atoms with Gasteiger partial charge >= 0.3 is 0 Å². The number of rotatable bonds is 17. The highest BCUT2D eigenvalue weighted by Crippen LogP contribution is 2.55. The number of carbonyl (C=O) groups is 4. The number of aryl methyl sites for hydroxylation is 2. The molecule has 1 aliphatic carbocycles. The van der Waals surface area contributed by atoms with E-state index >= 15 is 0 Å². The summed E-state index contributed by atoms with van der Waals surface area (Å²) in [5.74, 6) is 0.405. The highest BCUT2D eigenvalue weighted by Gasteiger charge is 2.64. The lowest BCUT2D eigenvalue weighted by atomic mass is 9.49. The number of nitrogens with one attached hydrogen (secondary N) is 2. The van der Waals surface area contributed by atoms with Gasteiger partial charge in [0.2, 0.25) is 11.8 Å². The lowest BCUT2D eigenvalue weighted by molar-refractivity contribution is -0.164. The van der Waals surface area contributed by atoms with E-state index in [1.807, 2.05) is 76.5 Å². The van der Waals surface area contributed by atoms with Crippen LogP contribution >= 0.6 is 22.9 Å². The molecule has 3 amide bonds. The van der Waals surface area contributed by atoms with E-state index in [0.717, 1.165) is 27.3 Å². The number of aliphatic hydroxyl groups excluding tert-OH is 1. The average Bonchev–Trinajstić information content (AvgIpc) is 3.94. The Morgan fingerprint density at radius 2 is 1.57 bits per heavy atom. The third kappa shape index (κ3) is 11.6. The molecule has 1 saturated carbocycles. The first kappa shape index (κ1) is 51.7. The predicted molar refractivity (Wildman–Crippen MR) is 270 cm³/mol. The summed E-state index contributed by atoms with van der Waals surface area (Å²) in [5.41, 5.74) is 4.97. The zero-order valence-corrected chi connectivity index (χ0v) is 42.7. The van der Waals surface area contributed by atoms with Gasteiger partial charge < -0.3 is 34.9 Å². The van der Waals surface area contributed by atoms with Crippen LogP contribution in [0.15, 0.2) is 96.5 Å². The van der Waals surface area contributed by atoms with Crippen LogP contribution in [0.5, 0.6) is 17.2 Å². The molecule has 1 aromatic heterocycles. The van der Waals surface area contributed by atoms with Crippen LogP contribution in [0.1, 0.15) is 107 Å². The maximum absolute atomic E-state index is 14.1. The molecule has 7 rings (SSSR count). The topological polar surface area (TPSA) is 180 Å². The van der Waals surface area contributed by atoms with Crippen LogP contribution in [0.25, 0.3) is 10.4 Å². The van der Waals surface area contributed by atoms with E-state index in [2.05, 4.69) is 49.4 Å². The number of carbonyl (C=O) groups excluding carboxylic acids is 4. The number of nitriles is 1. The Hall–Kier alpha value is -6.11. The van der Waals surface area contributed by atoms with Crippen molar-refractivity contribution in [3.63, 3.8) is 0 Å². The monoisotopic (exact) mass is 987 g/mol. The van der Waals surface area contributed by atoms with Crippen LogP contribution in [0.4, 0.5) is 0 Å². The van der Waals surface area contributed by atoms with Crippen LogP contribution in [0, 0.1) is 34.5 Å². The van der Waals surface area contributed by atoms with Gasteiger partial charge in [0, 0.05) is 47.9 Å². The quantitative estimate of drug-likeness (QED) is 0.0812. The van der Waals surface area contributed by atoms with Crippen LogP contribution < -0.4 is 20.1 Å². The lowest BCUT2D eigenvalue weighted by Crippen LogP contribution is -2.74. The zero-order chi connectivity index (χ0) is 50.7. The molecule has 2 aliphatic rings. The van der Waals surface area contributed by atoms with Crippen molar-refractivity contribution >= 4 is 46.4 Å². The normalized spacial score (nSPS) is 20.1. The van der Waals surface area contributed by atoms with Gasteiger partial charge in [-0.25, -0.2) is 4.98 Å². The maximum Gasteiger partial charge on any atom is 0.251 e. The van der Waals surface area contributed by atoms with Gasteiger partial charge in [0.25, 0.3) is 5.91 Å². The molecule has 0 bridgehead atoms. The second-order valence-corrected chi connectivity index (χ2v) is 21.9. The molecule has 5 aromatic rings. The Labute approximate surface area is 419 Å². The molecule has 4 atom stereocenters. The molecule has 13 nitrogen and oxygen atoms in total. The van der Waals surface area contributed by atoms with Gasteiger partial charge in [0.15, 0.2) is 5.78 Å². The van der Waals surface area contributed by atoms with Crippen LogP contribution in [0.2, 0.25) is 5.02 Å². The van der Waals surface area contributed by atoms with E-state index in [1.165, 1.54) is 4.90 Å². The number of aliphatic hydroxyl groups is 1. The Kier molecular flexibility index (Phi) is 15.6. The minimum absolute atomic E-state index is 0.00618. The smallest absolute Gasteiger partial charge is 0.251 e. The Morgan fingerprint density at radius 1 is 0.943 bits per heavy atom. The number of halogens is 1. The molecule has 2 heterocycles. The Balaban J connectivity index is 0.876. The van der Waals surface area contributed by atoms with E-state index in [4.69, 9.17) is 25.8 Å². The summed E-state index contributed by atoms with van der Waals surface area (Å²) in [6.07, 6.45) is -0.717. The number of ether oxygens (including phenoxy) is 3. The Bertz CT molecular complexity index is 2730. The number of nitrogens with zero attached hydrogens (tertiary/aromatic N) is 3. The first-order chi connectivity index (χ1) is 33.1. The largest absolute Gasteiger partial charge is 0.489 e. The summed E-state index contributed by atoms with van der Waals surface area (Å²) < 4.78 is 18.4. The van der Waals surface area contributed by atoms with E-state index in [1.54, 1.807) is 65.9 Å². The van der Waals surface area contributed by atoms with E-state index in [9.17, 15) is 29.5 Å². The standard InChI is InChI=1S/C55H62ClN5O8S/c1-32-47(70-31-58-32)36-13-10-34(11-14-36)12-25-45(63)44-26-39(62)29-61(44)50(66)48(53(3,4)5)59-46(64)30-67-33(2)35-15-20-40(21-16-35)68-41-22-17-37(18-23-41)49(65)60-51-54(6,7)52(55(51,8)9)69-42-24-19-38(28-57)43(56)27-42/h10-11,13-24,27,31,33,39,44,48,51-52,62H,12,25-26,29-30H2,1-9H3,(H,59,64)(H,60,65)/t33-,39-,44+,48-,51?,52?/m1/s1. The van der Waals surface area contributed by atoms with Gasteiger partial charge in [0.05, 0.1) is 44.9 Å². The minimum atomic E-state index is -0.972. The highest BCUT2D eigenvalue weighted by molar-refractivity contribution is 7.13. The molecule has 0 unspecified atom stereocenters. The van der Waals surface area contributed by atoms with Crippen LogP contribution in [0.3, 0.4) is 0 Å². The third-order valence-corrected chi connectivity index (χ3v) is 14.9. The maximum atomic E-state index is 14.1. The molecule has 15 heteroatoms. The fraction of sp³-hybridized carbons (Fsp3) is 0.418. The number of Topliss-reactive ketones (excluding diaryl/α,β-unsaturated/α-hetero) is 1. The second kappa shape index (κ2) is 21.1. The first-order valence-electron chi connectivity index (χ1n) is 23.5. The third-order valence-electron chi connectivity index (χ3n) is 13.6. The molecule has 368 valence electrons. The van der Waals surface area contributed by atoms with Crippen molar-refractivity contribution in [2.24, 2.45) is 16.2 Å². The number of amides is 3. The molecule has 1 aliphatic heterocycles. The number of likely N-dealkylation sites (tertiary alicyclic amines) is 1. The zero-order valence-electron chi connectivity index (χ0n) is 41.2. The lowest BCUT2D eigenvalue weighted by Gasteiger charge is -2.63. The van der Waals surface area contributed by atoms with E-state index in [0.29, 0.717) is 39.8 Å². The average molecular weight is 989 g/mol. The second-order valence-electron chi connectivity index (χ2n) is 20.6. The summed E-state index contributed by atoms with van der Waals surface area (Å²) in [6.45, 7) is 17.2. The van der Waals surface area contributed by atoms with Crippen LogP contribution in [-0.2, 0) is 25.5 Å². The van der Waals surface area contributed by atoms with Gasteiger partial charge in [-0.2, -0.15) is 5.26 Å². The number of thiazole rings is 1. The molecule has 1 saturated heterocycles. The van der Waals surface area contributed by atoms with Crippen molar-refractivity contribution in [1.29, 1.82) is 5.26 Å². The van der Waals surface area contributed by atoms with E-state index in [-0.39, 0.29) is 49.8 Å². The summed E-state index contributed by atoms with van der Waals surface area (Å²) in [6, 6.07) is 27.3. The SMILES string of the molecule is Cc1ncsc1-c1ccc(CCC(=O)[C@@H]2C[C@@H](O)CN2C(=O)[C@@H](NC(=O)CO[C@H](C)c2ccc(Oc3ccc(C(=O)NC4C(C)(C)C(Oc5ccc(C#N)c(Cl)c5)C4(C)C)cc3)cc2)C(C)(C)C)cc1. The van der Waals surface area contributed by atoms with Gasteiger partial charge in [-0.05, 0) is 90.9 Å². The number of hydrogen-bond acceptors (Lipinski definition) is 11. The molecule has 2 fully saturated rings. The fourth-order valence-electron chi connectivity index (χ4n) is 9.94. The van der Waals surface area contributed by atoms with Gasteiger partial charge in [-0.3, -0.25) is 19.2 Å². The summed E-state index contributed by atoms with van der Waals surface area (Å²) >= 11 is 7.83. The van der Waals surface area contributed by atoms with Gasteiger partial charge in [-0.1, -0.05) is 96.5 Å². The fourth-order valence-corrected chi connectivity index (χ4v) is 11.0. The number of ketones is 1. The van der Waals surface area contributed by atoms with Crippen molar-refractivity contribution in [3.05, 3.63) is 129 Å². The van der Waals surface area contributed by atoms with Crippen molar-refractivity contribution in [2.75, 3.05) is 13.2 Å². The van der Waals surface area contributed by atoms with Crippen molar-refractivity contribution in [1.82, 2.24) is 20.5 Å². The Morgan fingerprint density at radius 3 is 2.16 bits per heavy atom. The number of aromatic nitrogens is 1. The highest BCUT2D eigenvalue weighted by atomic mass is 35.5. The molecular weight excluding hydrogens is 926 g/mol. The molecule has 70 heavy (non-hydrogen) atoms. The first-order valence-corrected chi connectivity index (χ1v) is 24.8. The molecular formula is C55H62ClN5O8S. The summed E-state index contributed by atoms with van der Waals surface area (Å²) in [4.78, 5) is 61.5. The van der Waals surface area contributed by atoms with Crippen molar-refractivity contribution < 1.29 is 38.5 Å². The minimum Gasteiger partial charge on any atom is -0.489 e. The molecule has 3 N–H and O–H groups in total. The van der Waals surface area contributed by atoms with Crippen molar-refractivity contribution in [2.45, 2.75) is 118 Å². The van der Waals surface area contributed by atoms with Crippen molar-refractivity contribution in [3.8, 4) is 33.8 Å². The number of β-amino-alcohol motifs (C(OH)–C–C–N with tert-alkyl or cyclic N) is 1. The van der Waals surface area contributed by atoms with Gasteiger partial charge in [-0.15, -0.1) is 11.3 Å². The predicted octanol–water partition coefficient (Wildman–Crippen LogP) is 9.82. The molecule has 0 radical (unpaired) electrons. The van der Waals surface area contributed by atoms with Gasteiger partial charge in [0.1, 0.15) is 42.1 Å². The number of hydrogen-bond donors (Lipinski definition) is 3. The van der Waals surface area contributed by atoms with E-state index < -0.39 is 52.4 Å². The summed E-state index contributed by atoms with van der Waals surface area (Å²) in [7, 11) is 0. The molecule has 4 aromatic carbocycles. The van der Waals surface area contributed by atoms with Crippen LogP contribution in [-0.4, -0.2) is 82.0 Å².